The minimum Gasteiger partial charge on any atom is -1.00 e. The van der Waals surface area contributed by atoms with Gasteiger partial charge in [-0.3, -0.25) is 9.89 Å². The Kier molecular flexibility index (Phi) is 5.06. The molecule has 1 aromatic heterocycles. The predicted octanol–water partition coefficient (Wildman–Crippen LogP) is -0.462. The Bertz CT molecular complexity index is 713. The summed E-state index contributed by atoms with van der Waals surface area (Å²) in [6.07, 6.45) is 3.15. The van der Waals surface area contributed by atoms with Crippen LogP contribution in [0.3, 0.4) is 0 Å². The highest BCUT2D eigenvalue weighted by molar-refractivity contribution is 5.90. The molecule has 2 heterocycles. The van der Waals surface area contributed by atoms with Gasteiger partial charge in [0, 0.05) is 11.8 Å². The lowest BCUT2D eigenvalue weighted by atomic mass is 9.73. The fourth-order valence-corrected chi connectivity index (χ4v) is 4.11. The molecular weight excluding hydrogens is 405 g/mol. The molecule has 1 aromatic carbocycles. The van der Waals surface area contributed by atoms with Gasteiger partial charge in [-0.05, 0) is 25.8 Å². The van der Waals surface area contributed by atoms with E-state index in [1.807, 2.05) is 31.2 Å². The zero-order chi connectivity index (χ0) is 16.0. The van der Waals surface area contributed by atoms with Crippen LogP contribution < -0.4 is 24.0 Å². The molecule has 1 fully saturated rings. The van der Waals surface area contributed by atoms with Crippen molar-refractivity contribution in [1.82, 2.24) is 10.2 Å². The maximum atomic E-state index is 12.3. The molecule has 0 saturated carbocycles. The number of aromatic amines is 1. The van der Waals surface area contributed by atoms with E-state index in [1.54, 1.807) is 0 Å². The summed E-state index contributed by atoms with van der Waals surface area (Å²) in [7, 11) is 4.28. The molecule has 6 heteroatoms. The van der Waals surface area contributed by atoms with Gasteiger partial charge in [-0.1, -0.05) is 18.2 Å². The second kappa shape index (κ2) is 6.39. The maximum Gasteiger partial charge on any atom is 0.321 e. The van der Waals surface area contributed by atoms with Crippen LogP contribution in [-0.4, -0.2) is 52.4 Å². The number of carbonyl (C=O) groups is 1. The van der Waals surface area contributed by atoms with Crippen molar-refractivity contribution in [2.75, 3.05) is 20.6 Å². The third-order valence-electron chi connectivity index (χ3n) is 5.38. The third-order valence-corrected chi connectivity index (χ3v) is 5.38. The molecule has 2 atom stereocenters. The van der Waals surface area contributed by atoms with Crippen molar-refractivity contribution in [2.24, 2.45) is 0 Å². The number of aliphatic carboxylic acids is 1. The fourth-order valence-electron chi connectivity index (χ4n) is 4.11. The molecule has 0 aliphatic carbocycles. The molecule has 0 bridgehead atoms. The summed E-state index contributed by atoms with van der Waals surface area (Å²) in [6.45, 7) is 2.85. The lowest BCUT2D eigenvalue weighted by Crippen LogP contribution is -3.00. The number of aromatic nitrogens is 2. The van der Waals surface area contributed by atoms with Gasteiger partial charge in [0.25, 0.3) is 0 Å². The first kappa shape index (κ1) is 18.2. The lowest BCUT2D eigenvalue weighted by molar-refractivity contribution is -0.923. The third kappa shape index (κ3) is 2.87. The number of halogens is 1. The molecule has 5 nitrogen and oxygen atoms in total. The second-order valence-corrected chi connectivity index (χ2v) is 7.14. The number of rotatable bonds is 3. The van der Waals surface area contributed by atoms with Crippen LogP contribution in [0.2, 0.25) is 0 Å². The van der Waals surface area contributed by atoms with Crippen molar-refractivity contribution in [3.63, 3.8) is 0 Å². The first-order chi connectivity index (χ1) is 10.4. The number of hydrogen-bond donors (Lipinski definition) is 2. The van der Waals surface area contributed by atoms with Gasteiger partial charge in [-0.15, -0.1) is 0 Å². The molecule has 0 amide bonds. The van der Waals surface area contributed by atoms with Crippen molar-refractivity contribution in [2.45, 2.75) is 37.6 Å². The standard InChI is InChI=1S/C17H23N3O2.HI/c1-17(16(21)22,14-10-6-7-11-20(14,2)3)15-12-8-4-5-9-13(12)18-19-15;/h4-5,8-9,14H,6-7,10-11H2,1-3H3,(H-,18,19,21,22);1H. The van der Waals surface area contributed by atoms with Gasteiger partial charge in [-0.25, -0.2) is 0 Å². The monoisotopic (exact) mass is 429 g/mol. The number of piperidine rings is 1. The number of benzene rings is 1. The summed E-state index contributed by atoms with van der Waals surface area (Å²) in [5.74, 6) is -0.789. The SMILES string of the molecule is CC(C(=O)O)(c1n[nH]c2ccccc12)C1CCCC[N+]1(C)C.[I-]. The summed E-state index contributed by atoms with van der Waals surface area (Å²) in [5, 5.41) is 18.4. The normalized spacial score (nSPS) is 23.0. The number of hydrogen-bond acceptors (Lipinski definition) is 2. The summed E-state index contributed by atoms with van der Waals surface area (Å²) in [5.41, 5.74) is 0.559. The van der Waals surface area contributed by atoms with Crippen molar-refractivity contribution in [3.8, 4) is 0 Å². The number of quaternary nitrogens is 1. The first-order valence-corrected chi connectivity index (χ1v) is 7.87. The van der Waals surface area contributed by atoms with Gasteiger partial charge in [0.2, 0.25) is 0 Å². The number of fused-ring (bicyclic) bond motifs is 1. The fraction of sp³-hybridized carbons (Fsp3) is 0.529. The number of carboxylic acids is 1. The van der Waals surface area contributed by atoms with Crippen LogP contribution in [0.1, 0.15) is 31.9 Å². The van der Waals surface area contributed by atoms with Crippen molar-refractivity contribution >= 4 is 16.9 Å². The van der Waals surface area contributed by atoms with Crippen LogP contribution in [0, 0.1) is 0 Å². The van der Waals surface area contributed by atoms with E-state index >= 15 is 0 Å². The molecule has 1 aliphatic heterocycles. The zero-order valence-corrected chi connectivity index (χ0v) is 16.0. The summed E-state index contributed by atoms with van der Waals surface area (Å²) in [4.78, 5) is 12.3. The second-order valence-electron chi connectivity index (χ2n) is 7.14. The molecule has 2 aromatic rings. The maximum absolute atomic E-state index is 12.3. The van der Waals surface area contributed by atoms with E-state index in [0.717, 1.165) is 41.2 Å². The van der Waals surface area contributed by atoms with Crippen LogP contribution in [0.5, 0.6) is 0 Å². The lowest BCUT2D eigenvalue weighted by Gasteiger charge is -2.47. The zero-order valence-electron chi connectivity index (χ0n) is 13.8. The van der Waals surface area contributed by atoms with E-state index in [9.17, 15) is 9.90 Å². The topological polar surface area (TPSA) is 66.0 Å². The van der Waals surface area contributed by atoms with Crippen molar-refractivity contribution < 1.29 is 38.4 Å². The van der Waals surface area contributed by atoms with Crippen LogP contribution in [-0.2, 0) is 10.2 Å². The van der Waals surface area contributed by atoms with Crippen LogP contribution in [0.4, 0.5) is 0 Å². The minimum absolute atomic E-state index is 0. The number of nitrogens with one attached hydrogen (secondary N) is 1. The Morgan fingerprint density at radius 1 is 1.35 bits per heavy atom. The number of nitrogens with zero attached hydrogens (tertiary/aromatic N) is 2. The predicted molar refractivity (Wildman–Crippen MR) is 85.7 cm³/mol. The molecule has 3 rings (SSSR count). The summed E-state index contributed by atoms with van der Waals surface area (Å²) < 4.78 is 0.726. The highest BCUT2D eigenvalue weighted by Crippen LogP contribution is 2.40. The number of H-pyrrole nitrogens is 1. The molecular formula is C17H24IN3O2. The number of likely N-dealkylation sites (N-methyl/N-ethyl adjacent to an activating group) is 1. The van der Waals surface area contributed by atoms with Crippen molar-refractivity contribution in [1.29, 1.82) is 0 Å². The number of likely N-dealkylation sites (tertiary alicyclic amines) is 1. The van der Waals surface area contributed by atoms with Gasteiger partial charge >= 0.3 is 5.97 Å². The van der Waals surface area contributed by atoms with Gasteiger partial charge in [0.15, 0.2) is 5.41 Å². The number of carboxylic acid groups (broad SMARTS) is 1. The summed E-state index contributed by atoms with van der Waals surface area (Å²) in [6, 6.07) is 7.78. The largest absolute Gasteiger partial charge is 1.00 e. The van der Waals surface area contributed by atoms with Gasteiger partial charge in [0.05, 0.1) is 31.9 Å². The van der Waals surface area contributed by atoms with Crippen LogP contribution >= 0.6 is 0 Å². The average Bonchev–Trinajstić information content (AvgIpc) is 2.90. The highest BCUT2D eigenvalue weighted by Gasteiger charge is 2.54. The Labute approximate surface area is 153 Å². The molecule has 0 spiro atoms. The molecule has 1 saturated heterocycles. The van der Waals surface area contributed by atoms with E-state index in [1.165, 1.54) is 0 Å². The first-order valence-electron chi connectivity index (χ1n) is 7.87. The Hall–Kier alpha value is -1.15. The smallest absolute Gasteiger partial charge is 0.321 e. The van der Waals surface area contributed by atoms with Crippen molar-refractivity contribution in [3.05, 3.63) is 30.0 Å². The van der Waals surface area contributed by atoms with Gasteiger partial charge in [0.1, 0.15) is 6.04 Å². The molecule has 2 N–H and O–H groups in total. The Morgan fingerprint density at radius 2 is 2.04 bits per heavy atom. The van der Waals surface area contributed by atoms with Crippen LogP contribution in [0.25, 0.3) is 10.9 Å². The minimum atomic E-state index is -0.997. The molecule has 2 unspecified atom stereocenters. The van der Waals surface area contributed by atoms with Crippen LogP contribution in [0.15, 0.2) is 24.3 Å². The highest BCUT2D eigenvalue weighted by atomic mass is 127. The van der Waals surface area contributed by atoms with E-state index in [4.69, 9.17) is 0 Å². The summed E-state index contributed by atoms with van der Waals surface area (Å²) >= 11 is 0. The number of para-hydroxylation sites is 1. The molecule has 126 valence electrons. The average molecular weight is 429 g/mol. The van der Waals surface area contributed by atoms with E-state index < -0.39 is 11.4 Å². The quantitative estimate of drug-likeness (QED) is 0.513. The van der Waals surface area contributed by atoms with Gasteiger partial charge < -0.3 is 33.6 Å². The molecule has 0 radical (unpaired) electrons. The molecule has 23 heavy (non-hydrogen) atoms. The Balaban J connectivity index is 0.00000192. The Morgan fingerprint density at radius 3 is 2.70 bits per heavy atom. The van der Waals surface area contributed by atoms with E-state index in [0.29, 0.717) is 5.69 Å². The molecule has 1 aliphatic rings. The van der Waals surface area contributed by atoms with E-state index in [-0.39, 0.29) is 30.0 Å². The van der Waals surface area contributed by atoms with Gasteiger partial charge in [-0.2, -0.15) is 5.10 Å². The van der Waals surface area contributed by atoms with E-state index in [2.05, 4.69) is 24.3 Å².